The Kier molecular flexibility index (Phi) is 2.99. The second kappa shape index (κ2) is 3.64. The van der Waals surface area contributed by atoms with Gasteiger partial charge >= 0.3 is 6.18 Å². The molecule has 0 aromatic carbocycles. The van der Waals surface area contributed by atoms with E-state index in [0.717, 1.165) is 19.3 Å². The number of nitrogens with two attached hydrogens (primary N) is 1. The van der Waals surface area contributed by atoms with Gasteiger partial charge in [-0.05, 0) is 12.3 Å². The van der Waals surface area contributed by atoms with E-state index >= 15 is 0 Å². The molecule has 0 heterocycles. The number of alkyl halides is 3. The molecular weight excluding hydrogens is 167 g/mol. The van der Waals surface area contributed by atoms with Crippen molar-refractivity contribution in [2.24, 2.45) is 11.7 Å². The molecule has 0 spiro atoms. The molecule has 0 amide bonds. The molecule has 0 radical (unpaired) electrons. The van der Waals surface area contributed by atoms with Crippen molar-refractivity contribution in [3.05, 3.63) is 0 Å². The molecule has 1 rings (SSSR count). The molecule has 12 heavy (non-hydrogen) atoms. The van der Waals surface area contributed by atoms with Crippen molar-refractivity contribution < 1.29 is 13.2 Å². The highest BCUT2D eigenvalue weighted by molar-refractivity contribution is 4.76. The lowest BCUT2D eigenvalue weighted by Gasteiger charge is -2.28. The monoisotopic (exact) mass is 181 g/mol. The summed E-state index contributed by atoms with van der Waals surface area (Å²) in [5.41, 5.74) is 5.35. The molecule has 0 aliphatic heterocycles. The third-order valence-corrected chi connectivity index (χ3v) is 2.35. The van der Waals surface area contributed by atoms with Crippen LogP contribution in [0.4, 0.5) is 13.2 Å². The zero-order chi connectivity index (χ0) is 9.19. The normalized spacial score (nSPS) is 22.0. The summed E-state index contributed by atoms with van der Waals surface area (Å²) in [5, 5.41) is 0. The zero-order valence-electron chi connectivity index (χ0n) is 6.90. The van der Waals surface area contributed by atoms with Gasteiger partial charge in [-0.3, -0.25) is 0 Å². The van der Waals surface area contributed by atoms with Crippen molar-refractivity contribution in [3.63, 3.8) is 0 Å². The van der Waals surface area contributed by atoms with Gasteiger partial charge in [0.2, 0.25) is 0 Å². The van der Waals surface area contributed by atoms with E-state index in [1.54, 1.807) is 0 Å². The summed E-state index contributed by atoms with van der Waals surface area (Å²) in [7, 11) is 0. The van der Waals surface area contributed by atoms with Crippen LogP contribution in [0.1, 0.15) is 32.1 Å². The summed E-state index contributed by atoms with van der Waals surface area (Å²) in [5.74, 6) is 0.461. The first-order chi connectivity index (χ1) is 5.47. The smallest absolute Gasteiger partial charge is 0.327 e. The first kappa shape index (κ1) is 9.84. The van der Waals surface area contributed by atoms with Gasteiger partial charge < -0.3 is 5.73 Å². The number of hydrogen-bond donors (Lipinski definition) is 1. The van der Waals surface area contributed by atoms with Crippen LogP contribution >= 0.6 is 0 Å². The van der Waals surface area contributed by atoms with Gasteiger partial charge in [-0.2, -0.15) is 13.2 Å². The molecule has 2 N–H and O–H groups in total. The van der Waals surface area contributed by atoms with Crippen molar-refractivity contribution in [1.82, 2.24) is 0 Å². The van der Waals surface area contributed by atoms with Crippen LogP contribution in [0.5, 0.6) is 0 Å². The van der Waals surface area contributed by atoms with Gasteiger partial charge in [0.05, 0.1) is 6.42 Å². The Morgan fingerprint density at radius 2 is 1.92 bits per heavy atom. The average molecular weight is 181 g/mol. The molecule has 72 valence electrons. The first-order valence-electron chi connectivity index (χ1n) is 4.30. The second-order valence-electron chi connectivity index (χ2n) is 3.61. The van der Waals surface area contributed by atoms with E-state index < -0.39 is 18.6 Å². The van der Waals surface area contributed by atoms with Crippen LogP contribution in [0.3, 0.4) is 0 Å². The molecule has 1 saturated carbocycles. The predicted molar refractivity (Wildman–Crippen MR) is 40.6 cm³/mol. The van der Waals surface area contributed by atoms with Crippen LogP contribution in [0.15, 0.2) is 0 Å². The Bertz CT molecular complexity index is 140. The number of hydrogen-bond acceptors (Lipinski definition) is 1. The maximum absolute atomic E-state index is 11.8. The quantitative estimate of drug-likeness (QED) is 0.711. The summed E-state index contributed by atoms with van der Waals surface area (Å²) in [6, 6.07) is -0.685. The van der Waals surface area contributed by atoms with Crippen LogP contribution in [0.2, 0.25) is 0 Å². The molecule has 0 aromatic heterocycles. The minimum atomic E-state index is -4.09. The molecule has 1 fully saturated rings. The van der Waals surface area contributed by atoms with Crippen molar-refractivity contribution >= 4 is 0 Å². The minimum Gasteiger partial charge on any atom is -0.327 e. The van der Waals surface area contributed by atoms with Crippen molar-refractivity contribution in [2.75, 3.05) is 0 Å². The Morgan fingerprint density at radius 1 is 1.33 bits per heavy atom. The third-order valence-electron chi connectivity index (χ3n) is 2.35. The van der Waals surface area contributed by atoms with E-state index in [2.05, 4.69) is 0 Å². The van der Waals surface area contributed by atoms with Gasteiger partial charge in [-0.15, -0.1) is 0 Å². The van der Waals surface area contributed by atoms with Crippen molar-refractivity contribution in [1.29, 1.82) is 0 Å². The molecule has 1 atom stereocenters. The lowest BCUT2D eigenvalue weighted by atomic mass is 9.80. The number of rotatable bonds is 3. The van der Waals surface area contributed by atoms with E-state index in [1.165, 1.54) is 0 Å². The standard InChI is InChI=1S/C8H14F3N/c9-8(10,11)5-7(12)4-6-2-1-3-6/h6-7H,1-5,12H2/t7-/m1/s1. The Morgan fingerprint density at radius 3 is 2.25 bits per heavy atom. The SMILES string of the molecule is N[C@H](CC1CCC1)CC(F)(F)F. The van der Waals surface area contributed by atoms with Crippen LogP contribution in [0, 0.1) is 5.92 Å². The van der Waals surface area contributed by atoms with Gasteiger partial charge in [0.25, 0.3) is 0 Å². The summed E-state index contributed by atoms with van der Waals surface area (Å²) < 4.78 is 35.4. The van der Waals surface area contributed by atoms with Gasteiger partial charge in [-0.25, -0.2) is 0 Å². The zero-order valence-corrected chi connectivity index (χ0v) is 6.90. The largest absolute Gasteiger partial charge is 0.390 e. The molecule has 1 aliphatic carbocycles. The molecule has 0 aromatic rings. The fourth-order valence-corrected chi connectivity index (χ4v) is 1.54. The molecular formula is C8H14F3N. The summed E-state index contributed by atoms with van der Waals surface area (Å²) in [6.45, 7) is 0. The van der Waals surface area contributed by atoms with Gasteiger partial charge in [0, 0.05) is 6.04 Å². The Labute approximate surface area is 70.1 Å². The van der Waals surface area contributed by atoms with Crippen LogP contribution in [-0.4, -0.2) is 12.2 Å². The van der Waals surface area contributed by atoms with Crippen LogP contribution < -0.4 is 5.73 Å². The van der Waals surface area contributed by atoms with Crippen molar-refractivity contribution in [2.45, 2.75) is 44.3 Å². The Hall–Kier alpha value is -0.250. The van der Waals surface area contributed by atoms with E-state index in [-0.39, 0.29) is 0 Å². The Balaban J connectivity index is 2.14. The van der Waals surface area contributed by atoms with E-state index in [4.69, 9.17) is 5.73 Å². The lowest BCUT2D eigenvalue weighted by molar-refractivity contribution is -0.139. The predicted octanol–water partition coefficient (Wildman–Crippen LogP) is 2.46. The topological polar surface area (TPSA) is 26.0 Å². The maximum Gasteiger partial charge on any atom is 0.390 e. The minimum absolute atomic E-state index is 0.461. The fraction of sp³-hybridized carbons (Fsp3) is 1.00. The first-order valence-corrected chi connectivity index (χ1v) is 4.30. The van der Waals surface area contributed by atoms with Crippen LogP contribution in [0.25, 0.3) is 0 Å². The van der Waals surface area contributed by atoms with Gasteiger partial charge in [-0.1, -0.05) is 19.3 Å². The molecule has 0 saturated heterocycles. The molecule has 0 bridgehead atoms. The molecule has 4 heteroatoms. The highest BCUT2D eigenvalue weighted by atomic mass is 19.4. The highest BCUT2D eigenvalue weighted by Crippen LogP contribution is 2.32. The summed E-state index contributed by atoms with van der Waals surface area (Å²) >= 11 is 0. The number of halogens is 3. The second-order valence-corrected chi connectivity index (χ2v) is 3.61. The summed E-state index contributed by atoms with van der Waals surface area (Å²) in [6.07, 6.45) is -1.10. The lowest BCUT2D eigenvalue weighted by Crippen LogP contribution is -2.31. The molecule has 1 aliphatic rings. The van der Waals surface area contributed by atoms with E-state index in [9.17, 15) is 13.2 Å². The average Bonchev–Trinajstić information content (AvgIpc) is 1.74. The van der Waals surface area contributed by atoms with Crippen LogP contribution in [-0.2, 0) is 0 Å². The van der Waals surface area contributed by atoms with Gasteiger partial charge in [0.15, 0.2) is 0 Å². The summed E-state index contributed by atoms with van der Waals surface area (Å²) in [4.78, 5) is 0. The highest BCUT2D eigenvalue weighted by Gasteiger charge is 2.32. The maximum atomic E-state index is 11.8. The molecule has 0 unspecified atom stereocenters. The fourth-order valence-electron chi connectivity index (χ4n) is 1.54. The van der Waals surface area contributed by atoms with Gasteiger partial charge in [0.1, 0.15) is 0 Å². The molecule has 1 nitrogen and oxygen atoms in total. The third kappa shape index (κ3) is 3.43. The van der Waals surface area contributed by atoms with E-state index in [0.29, 0.717) is 12.3 Å². The van der Waals surface area contributed by atoms with E-state index in [1.807, 2.05) is 0 Å². The van der Waals surface area contributed by atoms with Crippen molar-refractivity contribution in [3.8, 4) is 0 Å².